The lowest BCUT2D eigenvalue weighted by atomic mass is 10.1. The number of aromatic carboxylic acids is 1. The number of thioether (sulfide) groups is 1. The van der Waals surface area contributed by atoms with Gasteiger partial charge in [-0.05, 0) is 48.0 Å². The van der Waals surface area contributed by atoms with Crippen LogP contribution in [0.3, 0.4) is 0 Å². The second kappa shape index (κ2) is 13.1. The fraction of sp³-hybridized carbons (Fsp3) is 0.100. The van der Waals surface area contributed by atoms with Crippen LogP contribution < -0.4 is 20.1 Å². The van der Waals surface area contributed by atoms with Crippen LogP contribution in [0, 0.1) is 0 Å². The number of carboxylic acids is 1. The Morgan fingerprint density at radius 3 is 2.05 bits per heavy atom. The molecule has 0 heterocycles. The van der Waals surface area contributed by atoms with Crippen molar-refractivity contribution in [1.29, 1.82) is 0 Å². The first kappa shape index (κ1) is 28.5. The zero-order valence-electron chi connectivity index (χ0n) is 21.5. The Kier molecular flexibility index (Phi) is 9.31. The maximum Gasteiger partial charge on any atom is 0.336 e. The van der Waals surface area contributed by atoms with E-state index in [1.54, 1.807) is 48.5 Å². The highest BCUT2D eigenvalue weighted by Crippen LogP contribution is 2.40. The molecule has 2 amide bonds. The van der Waals surface area contributed by atoms with E-state index in [-0.39, 0.29) is 17.0 Å². The Morgan fingerprint density at radius 1 is 0.800 bits per heavy atom. The third-order valence-electron chi connectivity index (χ3n) is 5.84. The number of rotatable bonds is 10. The molecule has 4 aromatic rings. The zero-order chi connectivity index (χ0) is 28.6. The van der Waals surface area contributed by atoms with E-state index in [2.05, 4.69) is 10.6 Å². The van der Waals surface area contributed by atoms with E-state index >= 15 is 0 Å². The summed E-state index contributed by atoms with van der Waals surface area (Å²) in [6.45, 7) is 0. The minimum atomic E-state index is -1.18. The topological polar surface area (TPSA) is 114 Å². The first-order valence-electron chi connectivity index (χ1n) is 12.0. The van der Waals surface area contributed by atoms with E-state index in [9.17, 15) is 19.5 Å². The summed E-state index contributed by atoms with van der Waals surface area (Å²) in [5, 5.41) is 14.7. The quantitative estimate of drug-likeness (QED) is 0.178. The van der Waals surface area contributed by atoms with Crippen LogP contribution in [-0.4, -0.2) is 37.1 Å². The van der Waals surface area contributed by atoms with Gasteiger partial charge >= 0.3 is 5.97 Å². The van der Waals surface area contributed by atoms with Crippen molar-refractivity contribution < 1.29 is 29.0 Å². The van der Waals surface area contributed by atoms with Crippen LogP contribution >= 0.6 is 23.4 Å². The first-order valence-corrected chi connectivity index (χ1v) is 13.2. The molecule has 204 valence electrons. The minimum Gasteiger partial charge on any atom is -0.495 e. The van der Waals surface area contributed by atoms with Gasteiger partial charge < -0.3 is 25.2 Å². The van der Waals surface area contributed by atoms with Crippen LogP contribution in [0.25, 0.3) is 0 Å². The summed E-state index contributed by atoms with van der Waals surface area (Å²) in [4.78, 5) is 38.5. The second-order valence-electron chi connectivity index (χ2n) is 8.41. The summed E-state index contributed by atoms with van der Waals surface area (Å²) < 4.78 is 10.7. The van der Waals surface area contributed by atoms with E-state index in [1.165, 1.54) is 38.1 Å². The molecule has 0 saturated carbocycles. The van der Waals surface area contributed by atoms with Gasteiger partial charge in [-0.15, -0.1) is 11.8 Å². The van der Waals surface area contributed by atoms with Crippen molar-refractivity contribution in [2.24, 2.45) is 0 Å². The minimum absolute atomic E-state index is 0.0586. The molecule has 1 atom stereocenters. The van der Waals surface area contributed by atoms with E-state index in [1.807, 2.05) is 30.3 Å². The molecule has 0 radical (unpaired) electrons. The van der Waals surface area contributed by atoms with E-state index in [0.717, 1.165) is 10.5 Å². The number of carboxylic acid groups (broad SMARTS) is 1. The van der Waals surface area contributed by atoms with E-state index in [0.29, 0.717) is 27.9 Å². The van der Waals surface area contributed by atoms with Crippen LogP contribution in [0.5, 0.6) is 11.5 Å². The summed E-state index contributed by atoms with van der Waals surface area (Å²) in [5.74, 6) is -1.19. The van der Waals surface area contributed by atoms with Gasteiger partial charge in [0.2, 0.25) is 5.91 Å². The van der Waals surface area contributed by atoms with Gasteiger partial charge in [-0.25, -0.2) is 4.79 Å². The molecular formula is C30H25ClN2O6S. The van der Waals surface area contributed by atoms with Gasteiger partial charge in [0.05, 0.1) is 36.1 Å². The standard InChI is InChI=1S/C30H25ClN2O6S/c1-38-25-17-26(39-2)24(16-23(25)31)33-29(35)27(18-8-4-3-5-9-18)40-20-14-12-19(13-15-20)32-28(34)21-10-6-7-11-22(21)30(36)37/h3-17,27H,1-2H3,(H,32,34)(H,33,35)(H,36,37). The Bertz CT molecular complexity index is 1530. The van der Waals surface area contributed by atoms with Crippen LogP contribution in [0.4, 0.5) is 11.4 Å². The molecule has 8 nitrogen and oxygen atoms in total. The number of hydrogen-bond donors (Lipinski definition) is 3. The third-order valence-corrected chi connectivity index (χ3v) is 7.40. The van der Waals surface area contributed by atoms with E-state index < -0.39 is 17.1 Å². The van der Waals surface area contributed by atoms with Crippen molar-refractivity contribution in [3.63, 3.8) is 0 Å². The van der Waals surface area contributed by atoms with Crippen molar-refractivity contribution >= 4 is 52.5 Å². The number of amides is 2. The molecule has 4 aromatic carbocycles. The average molecular weight is 577 g/mol. The average Bonchev–Trinajstić information content (AvgIpc) is 2.97. The van der Waals surface area contributed by atoms with Gasteiger partial charge in [0, 0.05) is 16.6 Å². The van der Waals surface area contributed by atoms with Crippen LogP contribution in [0.1, 0.15) is 31.5 Å². The van der Waals surface area contributed by atoms with Gasteiger partial charge in [0.1, 0.15) is 16.7 Å². The molecule has 0 fully saturated rings. The molecule has 0 aliphatic carbocycles. The Morgan fingerprint density at radius 2 is 1.43 bits per heavy atom. The molecule has 0 saturated heterocycles. The predicted octanol–water partition coefficient (Wildman–Crippen LogP) is 6.78. The molecule has 0 bridgehead atoms. The molecule has 0 aliphatic rings. The highest BCUT2D eigenvalue weighted by molar-refractivity contribution is 8.00. The van der Waals surface area contributed by atoms with Gasteiger partial charge in [0.25, 0.3) is 5.91 Å². The number of halogens is 1. The van der Waals surface area contributed by atoms with Crippen molar-refractivity contribution in [3.05, 3.63) is 113 Å². The van der Waals surface area contributed by atoms with E-state index in [4.69, 9.17) is 21.1 Å². The largest absolute Gasteiger partial charge is 0.495 e. The molecule has 1 unspecified atom stereocenters. The van der Waals surface area contributed by atoms with Gasteiger partial charge in [0.15, 0.2) is 0 Å². The van der Waals surface area contributed by atoms with Gasteiger partial charge in [-0.2, -0.15) is 0 Å². The normalized spacial score (nSPS) is 11.3. The summed E-state index contributed by atoms with van der Waals surface area (Å²) in [6.07, 6.45) is 0. The lowest BCUT2D eigenvalue weighted by Gasteiger charge is -2.19. The second-order valence-corrected chi connectivity index (χ2v) is 10.00. The number of anilines is 2. The Balaban J connectivity index is 1.54. The number of ether oxygens (including phenoxy) is 2. The number of hydrogen-bond acceptors (Lipinski definition) is 6. The Hall–Kier alpha value is -4.47. The SMILES string of the molecule is COc1cc(OC)c(NC(=O)C(Sc2ccc(NC(=O)c3ccccc3C(=O)O)cc2)c2ccccc2)cc1Cl. The number of benzene rings is 4. The fourth-order valence-electron chi connectivity index (χ4n) is 3.88. The first-order chi connectivity index (χ1) is 19.3. The van der Waals surface area contributed by atoms with Gasteiger partial charge in [-0.3, -0.25) is 9.59 Å². The van der Waals surface area contributed by atoms with Crippen molar-refractivity contribution in [1.82, 2.24) is 0 Å². The molecule has 0 spiro atoms. The summed E-state index contributed by atoms with van der Waals surface area (Å²) in [6, 6.07) is 25.4. The van der Waals surface area contributed by atoms with Crippen LogP contribution in [0.2, 0.25) is 5.02 Å². The summed E-state index contributed by atoms with van der Waals surface area (Å²) in [5.41, 5.74) is 1.64. The Labute approximate surface area is 240 Å². The molecule has 0 aromatic heterocycles. The third kappa shape index (κ3) is 6.74. The molecule has 4 rings (SSSR count). The van der Waals surface area contributed by atoms with Crippen molar-refractivity contribution in [2.45, 2.75) is 10.1 Å². The summed E-state index contributed by atoms with van der Waals surface area (Å²) in [7, 11) is 2.98. The molecule has 40 heavy (non-hydrogen) atoms. The van der Waals surface area contributed by atoms with Crippen molar-refractivity contribution in [3.8, 4) is 11.5 Å². The molecule has 0 aliphatic heterocycles. The monoisotopic (exact) mass is 576 g/mol. The lowest BCUT2D eigenvalue weighted by molar-refractivity contribution is -0.115. The highest BCUT2D eigenvalue weighted by Gasteiger charge is 2.24. The predicted molar refractivity (Wildman–Crippen MR) is 156 cm³/mol. The molecular weight excluding hydrogens is 552 g/mol. The zero-order valence-corrected chi connectivity index (χ0v) is 23.1. The fourth-order valence-corrected chi connectivity index (χ4v) is 5.14. The number of methoxy groups -OCH3 is 2. The van der Waals surface area contributed by atoms with Crippen LogP contribution in [0.15, 0.2) is 95.9 Å². The lowest BCUT2D eigenvalue weighted by Crippen LogP contribution is -2.19. The number of carbonyl (C=O) groups excluding carboxylic acids is 2. The molecule has 3 N–H and O–H groups in total. The van der Waals surface area contributed by atoms with Crippen LogP contribution in [-0.2, 0) is 4.79 Å². The number of nitrogens with one attached hydrogen (secondary N) is 2. The smallest absolute Gasteiger partial charge is 0.336 e. The molecule has 10 heteroatoms. The van der Waals surface area contributed by atoms with Crippen molar-refractivity contribution in [2.75, 3.05) is 24.9 Å². The maximum absolute atomic E-state index is 13.5. The summed E-state index contributed by atoms with van der Waals surface area (Å²) >= 11 is 7.61. The maximum atomic E-state index is 13.5. The number of carbonyl (C=O) groups is 3. The highest BCUT2D eigenvalue weighted by atomic mass is 35.5. The van der Waals surface area contributed by atoms with Gasteiger partial charge in [-0.1, -0.05) is 54.1 Å².